The Balaban J connectivity index is 2.41. The van der Waals surface area contributed by atoms with Crippen LogP contribution in [0.3, 0.4) is 0 Å². The fourth-order valence-corrected chi connectivity index (χ4v) is 2.94. The third-order valence-electron chi connectivity index (χ3n) is 2.15. The predicted octanol–water partition coefficient (Wildman–Crippen LogP) is 2.52. The van der Waals surface area contributed by atoms with Gasteiger partial charge in [-0.25, -0.2) is 0 Å². The van der Waals surface area contributed by atoms with E-state index in [0.717, 1.165) is 23.3 Å². The monoisotopic (exact) mass is 202 g/mol. The van der Waals surface area contributed by atoms with Crippen LogP contribution in [0.4, 0.5) is 0 Å². The summed E-state index contributed by atoms with van der Waals surface area (Å²) in [5.41, 5.74) is 0.928. The molecule has 0 amide bonds. The molecule has 0 aliphatic heterocycles. The van der Waals surface area contributed by atoms with Crippen LogP contribution in [0, 0.1) is 0 Å². The number of aryl methyl sites for hydroxylation is 1. The summed E-state index contributed by atoms with van der Waals surface area (Å²) >= 11 is 7.27. The molecule has 1 heterocycles. The van der Waals surface area contributed by atoms with E-state index >= 15 is 0 Å². The second-order valence-corrected chi connectivity index (χ2v) is 4.63. The summed E-state index contributed by atoms with van der Waals surface area (Å²) < 4.78 is 0.700. The van der Waals surface area contributed by atoms with E-state index in [1.165, 1.54) is 11.3 Å². The standard InChI is InChI=1S/C8H7ClO2S/c9-7-3-5-4(8(10)11)1-2-6(5)12-7/h3-4H,1-2H2,(H,10,11). The van der Waals surface area contributed by atoms with Crippen molar-refractivity contribution in [1.82, 2.24) is 0 Å². The van der Waals surface area contributed by atoms with Crippen LogP contribution >= 0.6 is 22.9 Å². The highest BCUT2D eigenvalue weighted by atomic mass is 35.5. The van der Waals surface area contributed by atoms with Gasteiger partial charge in [0.2, 0.25) is 0 Å². The van der Waals surface area contributed by atoms with E-state index in [0.29, 0.717) is 4.34 Å². The van der Waals surface area contributed by atoms with Crippen molar-refractivity contribution < 1.29 is 9.90 Å². The average molecular weight is 203 g/mol. The molecule has 1 aromatic heterocycles. The summed E-state index contributed by atoms with van der Waals surface area (Å²) in [7, 11) is 0. The molecule has 2 rings (SSSR count). The van der Waals surface area contributed by atoms with Crippen LogP contribution in [-0.4, -0.2) is 11.1 Å². The quantitative estimate of drug-likeness (QED) is 0.760. The highest BCUT2D eigenvalue weighted by molar-refractivity contribution is 7.16. The van der Waals surface area contributed by atoms with Gasteiger partial charge in [-0.15, -0.1) is 11.3 Å². The number of fused-ring (bicyclic) bond motifs is 1. The highest BCUT2D eigenvalue weighted by Crippen LogP contribution is 2.40. The molecule has 12 heavy (non-hydrogen) atoms. The van der Waals surface area contributed by atoms with Gasteiger partial charge in [0.15, 0.2) is 0 Å². The lowest BCUT2D eigenvalue weighted by Gasteiger charge is -2.00. The molecule has 1 atom stereocenters. The van der Waals surface area contributed by atoms with Gasteiger partial charge >= 0.3 is 5.97 Å². The van der Waals surface area contributed by atoms with E-state index in [9.17, 15) is 4.79 Å². The Kier molecular flexibility index (Phi) is 1.85. The van der Waals surface area contributed by atoms with Gasteiger partial charge in [0.05, 0.1) is 10.3 Å². The topological polar surface area (TPSA) is 37.3 Å². The molecule has 0 radical (unpaired) electrons. The summed E-state index contributed by atoms with van der Waals surface area (Å²) in [6, 6.07) is 1.79. The second kappa shape index (κ2) is 2.75. The average Bonchev–Trinajstić information content (AvgIpc) is 2.43. The van der Waals surface area contributed by atoms with Gasteiger partial charge in [0.1, 0.15) is 0 Å². The Morgan fingerprint density at radius 3 is 3.17 bits per heavy atom. The number of thiophene rings is 1. The first-order valence-corrected chi connectivity index (χ1v) is 4.89. The number of hydrogen-bond acceptors (Lipinski definition) is 2. The third-order valence-corrected chi connectivity index (χ3v) is 3.48. The maximum Gasteiger partial charge on any atom is 0.311 e. The maximum absolute atomic E-state index is 10.7. The van der Waals surface area contributed by atoms with Crippen LogP contribution in [0.15, 0.2) is 6.07 Å². The normalized spacial score (nSPS) is 20.9. The summed E-state index contributed by atoms with van der Waals surface area (Å²) in [6.07, 6.45) is 1.59. The van der Waals surface area contributed by atoms with Gasteiger partial charge in [-0.05, 0) is 24.5 Å². The molecule has 0 spiro atoms. The lowest BCUT2D eigenvalue weighted by Crippen LogP contribution is -2.06. The molecule has 1 N–H and O–H groups in total. The van der Waals surface area contributed by atoms with Crippen LogP contribution < -0.4 is 0 Å². The lowest BCUT2D eigenvalue weighted by atomic mass is 10.1. The van der Waals surface area contributed by atoms with Gasteiger partial charge in [-0.1, -0.05) is 11.6 Å². The van der Waals surface area contributed by atoms with Crippen molar-refractivity contribution in [3.8, 4) is 0 Å². The molecule has 64 valence electrons. The summed E-state index contributed by atoms with van der Waals surface area (Å²) in [6.45, 7) is 0. The molecule has 1 aliphatic carbocycles. The zero-order valence-corrected chi connectivity index (χ0v) is 7.78. The smallest absolute Gasteiger partial charge is 0.311 e. The van der Waals surface area contributed by atoms with Crippen LogP contribution in [0.1, 0.15) is 22.8 Å². The number of carboxylic acids is 1. The van der Waals surface area contributed by atoms with E-state index in [-0.39, 0.29) is 5.92 Å². The van der Waals surface area contributed by atoms with Crippen molar-refractivity contribution in [2.75, 3.05) is 0 Å². The van der Waals surface area contributed by atoms with E-state index in [1.807, 2.05) is 0 Å². The van der Waals surface area contributed by atoms with Crippen molar-refractivity contribution in [3.05, 3.63) is 20.8 Å². The minimum atomic E-state index is -0.733. The molecule has 0 fully saturated rings. The molecule has 0 saturated carbocycles. The molecular formula is C8H7ClO2S. The third kappa shape index (κ3) is 1.13. The van der Waals surface area contributed by atoms with Crippen molar-refractivity contribution in [2.24, 2.45) is 0 Å². The number of rotatable bonds is 1. The second-order valence-electron chi connectivity index (χ2n) is 2.86. The van der Waals surface area contributed by atoms with Gasteiger partial charge in [-0.2, -0.15) is 0 Å². The highest BCUT2D eigenvalue weighted by Gasteiger charge is 2.30. The number of hydrogen-bond donors (Lipinski definition) is 1. The fourth-order valence-electron chi connectivity index (χ4n) is 1.59. The Labute approximate surface area is 78.8 Å². The minimum Gasteiger partial charge on any atom is -0.481 e. The Morgan fingerprint density at radius 2 is 2.50 bits per heavy atom. The number of carbonyl (C=O) groups is 1. The van der Waals surface area contributed by atoms with Crippen molar-refractivity contribution in [2.45, 2.75) is 18.8 Å². The van der Waals surface area contributed by atoms with Crippen LogP contribution in [0.5, 0.6) is 0 Å². The van der Waals surface area contributed by atoms with Crippen molar-refractivity contribution >= 4 is 28.9 Å². The SMILES string of the molecule is O=C(O)C1CCc2sc(Cl)cc21. The predicted molar refractivity (Wildman–Crippen MR) is 48.0 cm³/mol. The van der Waals surface area contributed by atoms with Crippen molar-refractivity contribution in [3.63, 3.8) is 0 Å². The number of halogens is 1. The van der Waals surface area contributed by atoms with Gasteiger partial charge in [0.25, 0.3) is 0 Å². The fraction of sp³-hybridized carbons (Fsp3) is 0.375. The molecule has 0 aromatic carbocycles. The maximum atomic E-state index is 10.7. The van der Waals surface area contributed by atoms with Crippen molar-refractivity contribution in [1.29, 1.82) is 0 Å². The van der Waals surface area contributed by atoms with E-state index in [2.05, 4.69) is 0 Å². The zero-order chi connectivity index (χ0) is 8.72. The Hall–Kier alpha value is -0.540. The minimum absolute atomic E-state index is 0.316. The molecule has 0 saturated heterocycles. The Morgan fingerprint density at radius 1 is 1.75 bits per heavy atom. The summed E-state index contributed by atoms with van der Waals surface area (Å²) in [4.78, 5) is 11.9. The molecule has 4 heteroatoms. The summed E-state index contributed by atoms with van der Waals surface area (Å²) in [5.74, 6) is -1.05. The van der Waals surface area contributed by atoms with E-state index in [4.69, 9.17) is 16.7 Å². The zero-order valence-electron chi connectivity index (χ0n) is 6.21. The number of aliphatic carboxylic acids is 1. The first kappa shape index (κ1) is 8.08. The molecule has 1 aromatic rings. The van der Waals surface area contributed by atoms with E-state index < -0.39 is 5.97 Å². The summed E-state index contributed by atoms with van der Waals surface area (Å²) in [5, 5.41) is 8.83. The van der Waals surface area contributed by atoms with Gasteiger partial charge < -0.3 is 5.11 Å². The first-order chi connectivity index (χ1) is 5.68. The molecule has 0 bridgehead atoms. The molecular weight excluding hydrogens is 196 g/mol. The molecule has 1 aliphatic rings. The lowest BCUT2D eigenvalue weighted by molar-refractivity contribution is -0.138. The van der Waals surface area contributed by atoms with Gasteiger partial charge in [0, 0.05) is 4.88 Å². The molecule has 1 unspecified atom stereocenters. The van der Waals surface area contributed by atoms with Gasteiger partial charge in [-0.3, -0.25) is 4.79 Å². The number of carboxylic acid groups (broad SMARTS) is 1. The van der Waals surface area contributed by atoms with Crippen LogP contribution in [-0.2, 0) is 11.2 Å². The van der Waals surface area contributed by atoms with E-state index in [1.54, 1.807) is 6.07 Å². The molecule has 2 nitrogen and oxygen atoms in total. The Bertz CT molecular complexity index is 332. The first-order valence-electron chi connectivity index (χ1n) is 3.69. The largest absolute Gasteiger partial charge is 0.481 e. The van der Waals surface area contributed by atoms with Crippen LogP contribution in [0.2, 0.25) is 4.34 Å². The van der Waals surface area contributed by atoms with Crippen LogP contribution in [0.25, 0.3) is 0 Å².